The van der Waals surface area contributed by atoms with Crippen LogP contribution in [0, 0.1) is 0 Å². The first kappa shape index (κ1) is 18.0. The fourth-order valence-electron chi connectivity index (χ4n) is 2.21. The summed E-state index contributed by atoms with van der Waals surface area (Å²) in [4.78, 5) is 24.2. The van der Waals surface area contributed by atoms with E-state index in [1.165, 1.54) is 7.11 Å². The first-order chi connectivity index (χ1) is 11.2. The Kier molecular flexibility index (Phi) is 5.29. The largest absolute Gasteiger partial charge is 0.464 e. The lowest BCUT2D eigenvalue weighted by Gasteiger charge is -2.20. The summed E-state index contributed by atoms with van der Waals surface area (Å²) in [7, 11) is 1.28. The van der Waals surface area contributed by atoms with Crippen molar-refractivity contribution in [2.45, 2.75) is 33.3 Å². The zero-order valence-corrected chi connectivity index (χ0v) is 15.2. The van der Waals surface area contributed by atoms with Crippen LogP contribution in [0.5, 0.6) is 0 Å². The molecule has 0 radical (unpaired) electrons. The van der Waals surface area contributed by atoms with Crippen LogP contribution >= 0.6 is 11.3 Å². The first-order valence-electron chi connectivity index (χ1n) is 7.48. The molecule has 1 amide bonds. The second kappa shape index (κ2) is 7.05. The van der Waals surface area contributed by atoms with E-state index < -0.39 is 17.7 Å². The van der Waals surface area contributed by atoms with E-state index in [0.29, 0.717) is 5.57 Å². The second-order valence-corrected chi connectivity index (χ2v) is 7.18. The number of esters is 1. The van der Waals surface area contributed by atoms with Crippen LogP contribution in [0.15, 0.2) is 35.3 Å². The number of hydrogen-bond donors (Lipinski definition) is 1. The number of carbonyl (C=O) groups excluding carboxylic acids is 2. The predicted octanol–water partition coefficient (Wildman–Crippen LogP) is 4.33. The lowest BCUT2D eigenvalue weighted by atomic mass is 10.0. The summed E-state index contributed by atoms with van der Waals surface area (Å²) in [6.45, 7) is 7.05. The van der Waals surface area contributed by atoms with Crippen molar-refractivity contribution in [2.24, 2.45) is 0 Å². The molecule has 0 spiro atoms. The van der Waals surface area contributed by atoms with Gasteiger partial charge in [-0.3, -0.25) is 5.32 Å². The number of alkyl carbamates (subject to hydrolysis) is 1. The highest BCUT2D eigenvalue weighted by Crippen LogP contribution is 2.32. The Morgan fingerprint density at radius 2 is 1.83 bits per heavy atom. The summed E-state index contributed by atoms with van der Waals surface area (Å²) >= 11 is 1.58. The zero-order chi connectivity index (χ0) is 17.9. The van der Waals surface area contributed by atoms with Crippen LogP contribution in [-0.4, -0.2) is 24.8 Å². The number of allylic oxidation sites excluding steroid dienone is 1. The molecule has 1 aromatic carbocycles. The Bertz CT molecular complexity index is 799. The minimum Gasteiger partial charge on any atom is -0.464 e. The Morgan fingerprint density at radius 1 is 1.17 bits per heavy atom. The van der Waals surface area contributed by atoms with Crippen LogP contribution in [0.3, 0.4) is 0 Å². The van der Waals surface area contributed by atoms with E-state index in [1.54, 1.807) is 39.0 Å². The van der Waals surface area contributed by atoms with E-state index in [0.717, 1.165) is 15.6 Å². The van der Waals surface area contributed by atoms with Gasteiger partial charge in [-0.05, 0) is 50.3 Å². The number of hydrogen-bond acceptors (Lipinski definition) is 5. The standard InChI is InChI=1S/C18H21NO4S/c1-11(13-10-24-14-9-7-6-8-12(13)14)15(16(20)22-5)19-17(21)23-18(2,3)4/h6-10H,1-5H3,(H,19,21)/b15-11+. The number of carbonyl (C=O) groups is 2. The number of amides is 1. The molecule has 1 heterocycles. The maximum atomic E-state index is 12.1. The van der Waals surface area contributed by atoms with Gasteiger partial charge < -0.3 is 9.47 Å². The highest BCUT2D eigenvalue weighted by atomic mass is 32.1. The smallest absolute Gasteiger partial charge is 0.412 e. The average Bonchev–Trinajstić information content (AvgIpc) is 2.93. The van der Waals surface area contributed by atoms with Gasteiger partial charge in [0.15, 0.2) is 0 Å². The van der Waals surface area contributed by atoms with Crippen molar-refractivity contribution in [3.05, 3.63) is 40.9 Å². The summed E-state index contributed by atoms with van der Waals surface area (Å²) in [6, 6.07) is 7.88. The fourth-order valence-corrected chi connectivity index (χ4v) is 3.22. The molecule has 0 atom stereocenters. The molecule has 0 fully saturated rings. The van der Waals surface area contributed by atoms with E-state index >= 15 is 0 Å². The first-order valence-corrected chi connectivity index (χ1v) is 8.36. The van der Waals surface area contributed by atoms with Crippen molar-refractivity contribution in [1.29, 1.82) is 0 Å². The number of thiophene rings is 1. The van der Waals surface area contributed by atoms with E-state index in [9.17, 15) is 9.59 Å². The topological polar surface area (TPSA) is 64.6 Å². The zero-order valence-electron chi connectivity index (χ0n) is 14.4. The van der Waals surface area contributed by atoms with Gasteiger partial charge in [-0.25, -0.2) is 9.59 Å². The summed E-state index contributed by atoms with van der Waals surface area (Å²) in [5, 5.41) is 5.50. The van der Waals surface area contributed by atoms with E-state index in [-0.39, 0.29) is 5.70 Å². The van der Waals surface area contributed by atoms with Crippen molar-refractivity contribution >= 4 is 39.1 Å². The van der Waals surface area contributed by atoms with Crippen molar-refractivity contribution in [1.82, 2.24) is 5.32 Å². The molecule has 128 valence electrons. The van der Waals surface area contributed by atoms with Gasteiger partial charge in [0.1, 0.15) is 11.3 Å². The molecule has 1 aromatic heterocycles. The van der Waals surface area contributed by atoms with Crippen LogP contribution in [0.25, 0.3) is 15.7 Å². The lowest BCUT2D eigenvalue weighted by Crippen LogP contribution is -2.35. The van der Waals surface area contributed by atoms with Crippen molar-refractivity contribution in [3.63, 3.8) is 0 Å². The fraction of sp³-hybridized carbons (Fsp3) is 0.333. The van der Waals surface area contributed by atoms with Crippen LogP contribution in [-0.2, 0) is 14.3 Å². The second-order valence-electron chi connectivity index (χ2n) is 6.26. The summed E-state index contributed by atoms with van der Waals surface area (Å²) in [5.74, 6) is -0.617. The van der Waals surface area contributed by atoms with Gasteiger partial charge in [0, 0.05) is 10.1 Å². The predicted molar refractivity (Wildman–Crippen MR) is 95.8 cm³/mol. The third kappa shape index (κ3) is 4.14. The van der Waals surface area contributed by atoms with Gasteiger partial charge in [0.2, 0.25) is 0 Å². The minimum absolute atomic E-state index is 0.0790. The Labute approximate surface area is 145 Å². The molecular formula is C18H21NO4S. The van der Waals surface area contributed by atoms with Gasteiger partial charge in [-0.1, -0.05) is 18.2 Å². The number of ether oxygens (including phenoxy) is 2. The van der Waals surface area contributed by atoms with Crippen molar-refractivity contribution in [2.75, 3.05) is 7.11 Å². The number of rotatable bonds is 3. The van der Waals surface area contributed by atoms with Crippen LogP contribution < -0.4 is 5.32 Å². The Morgan fingerprint density at radius 3 is 2.46 bits per heavy atom. The molecule has 6 heteroatoms. The maximum Gasteiger partial charge on any atom is 0.412 e. The molecule has 1 N–H and O–H groups in total. The maximum absolute atomic E-state index is 12.1. The molecule has 0 unspecified atom stereocenters. The van der Waals surface area contributed by atoms with Crippen LogP contribution in [0.2, 0.25) is 0 Å². The Balaban J connectivity index is 2.43. The highest BCUT2D eigenvalue weighted by Gasteiger charge is 2.23. The third-order valence-corrected chi connectivity index (χ3v) is 4.24. The van der Waals surface area contributed by atoms with Gasteiger partial charge in [-0.2, -0.15) is 0 Å². The van der Waals surface area contributed by atoms with Crippen molar-refractivity contribution < 1.29 is 19.1 Å². The molecule has 24 heavy (non-hydrogen) atoms. The van der Waals surface area contributed by atoms with E-state index in [1.807, 2.05) is 29.6 Å². The third-order valence-electron chi connectivity index (χ3n) is 3.28. The average molecular weight is 347 g/mol. The summed E-state index contributed by atoms with van der Waals surface area (Å²) in [6.07, 6.45) is -0.693. The molecule has 0 aliphatic carbocycles. The molecule has 5 nitrogen and oxygen atoms in total. The normalized spacial score (nSPS) is 12.5. The number of fused-ring (bicyclic) bond motifs is 1. The number of nitrogens with one attached hydrogen (secondary N) is 1. The van der Waals surface area contributed by atoms with E-state index in [4.69, 9.17) is 9.47 Å². The van der Waals surface area contributed by atoms with Gasteiger partial charge in [0.05, 0.1) is 7.11 Å². The van der Waals surface area contributed by atoms with Crippen molar-refractivity contribution in [3.8, 4) is 0 Å². The summed E-state index contributed by atoms with van der Waals surface area (Å²) in [5.41, 5.74) is 0.932. The number of benzene rings is 1. The SMILES string of the molecule is COC(=O)/C(NC(=O)OC(C)(C)C)=C(/C)c1csc2ccccc12. The quantitative estimate of drug-likeness (QED) is 0.663. The minimum atomic E-state index is -0.693. The molecule has 0 aliphatic heterocycles. The lowest BCUT2D eigenvalue weighted by molar-refractivity contribution is -0.136. The van der Waals surface area contributed by atoms with Crippen LogP contribution in [0.4, 0.5) is 4.79 Å². The number of methoxy groups -OCH3 is 1. The molecule has 0 bridgehead atoms. The molecule has 0 aliphatic rings. The molecule has 0 saturated carbocycles. The molecule has 0 saturated heterocycles. The molecular weight excluding hydrogens is 326 g/mol. The van der Waals surface area contributed by atoms with Gasteiger partial charge in [-0.15, -0.1) is 11.3 Å². The van der Waals surface area contributed by atoms with Gasteiger partial charge >= 0.3 is 12.1 Å². The molecule has 2 rings (SSSR count). The molecule has 2 aromatic rings. The van der Waals surface area contributed by atoms with Gasteiger partial charge in [0.25, 0.3) is 0 Å². The Hall–Kier alpha value is -2.34. The van der Waals surface area contributed by atoms with Crippen LogP contribution in [0.1, 0.15) is 33.3 Å². The summed E-state index contributed by atoms with van der Waals surface area (Å²) < 4.78 is 11.1. The van der Waals surface area contributed by atoms with E-state index in [2.05, 4.69) is 5.32 Å². The monoisotopic (exact) mass is 347 g/mol. The highest BCUT2D eigenvalue weighted by molar-refractivity contribution is 7.17.